The van der Waals surface area contributed by atoms with Gasteiger partial charge in [-0.15, -0.1) is 0 Å². The van der Waals surface area contributed by atoms with E-state index in [1.54, 1.807) is 11.8 Å². The smallest absolute Gasteiger partial charge is 0.124 e. The van der Waals surface area contributed by atoms with Crippen LogP contribution in [0.1, 0.15) is 31.9 Å². The lowest BCUT2D eigenvalue weighted by molar-refractivity contribution is 0.350. The van der Waals surface area contributed by atoms with Crippen molar-refractivity contribution < 1.29 is 9.50 Å². The Morgan fingerprint density at radius 2 is 2.00 bits per heavy atom. The number of rotatable bonds is 2. The number of hydrogen-bond donors (Lipinski definition) is 1. The van der Waals surface area contributed by atoms with Crippen molar-refractivity contribution in [1.29, 1.82) is 0 Å². The van der Waals surface area contributed by atoms with Gasteiger partial charge >= 0.3 is 0 Å². The Morgan fingerprint density at radius 3 is 2.59 bits per heavy atom. The number of aliphatic hydroxyl groups is 1. The molecular formula is C14H17FOS. The van der Waals surface area contributed by atoms with Crippen molar-refractivity contribution in [3.63, 3.8) is 0 Å². The molecule has 0 aliphatic rings. The first-order valence-corrected chi connectivity index (χ1v) is 6.42. The lowest BCUT2D eigenvalue weighted by Gasteiger charge is -2.17. The van der Waals surface area contributed by atoms with Gasteiger partial charge in [-0.1, -0.05) is 32.6 Å². The maximum Gasteiger partial charge on any atom is 0.124 e. The predicted octanol–water partition coefficient (Wildman–Crippen LogP) is 3.20. The number of aliphatic hydroxyl groups excluding tert-OH is 1. The number of halogens is 1. The van der Waals surface area contributed by atoms with Crippen molar-refractivity contribution in [2.75, 3.05) is 6.61 Å². The third kappa shape index (κ3) is 5.76. The Bertz CT molecular complexity index is 438. The van der Waals surface area contributed by atoms with Crippen molar-refractivity contribution in [3.05, 3.63) is 35.1 Å². The van der Waals surface area contributed by atoms with Crippen LogP contribution in [0.4, 0.5) is 4.39 Å². The largest absolute Gasteiger partial charge is 0.384 e. The summed E-state index contributed by atoms with van der Waals surface area (Å²) in [6, 6.07) is 4.78. The van der Waals surface area contributed by atoms with Gasteiger partial charge in [0.2, 0.25) is 0 Å². The molecule has 0 heterocycles. The fourth-order valence-corrected chi connectivity index (χ4v) is 2.01. The summed E-state index contributed by atoms with van der Waals surface area (Å²) in [6.45, 7) is 6.18. The molecule has 0 aliphatic carbocycles. The fraction of sp³-hybridized carbons (Fsp3) is 0.429. The molecule has 0 aliphatic heterocycles. The Morgan fingerprint density at radius 1 is 1.29 bits per heavy atom. The molecule has 1 nitrogen and oxygen atoms in total. The van der Waals surface area contributed by atoms with Crippen LogP contribution in [0.3, 0.4) is 0 Å². The quantitative estimate of drug-likeness (QED) is 0.816. The van der Waals surface area contributed by atoms with E-state index >= 15 is 0 Å². The Hall–Kier alpha value is -0.980. The van der Waals surface area contributed by atoms with Crippen LogP contribution >= 0.6 is 11.8 Å². The summed E-state index contributed by atoms with van der Waals surface area (Å²) in [5.41, 5.74) is 1.54. The van der Waals surface area contributed by atoms with Crippen molar-refractivity contribution in [2.45, 2.75) is 31.3 Å². The highest BCUT2D eigenvalue weighted by atomic mass is 32.2. The van der Waals surface area contributed by atoms with Crippen LogP contribution in [0.5, 0.6) is 0 Å². The summed E-state index contributed by atoms with van der Waals surface area (Å²) in [5, 5.41) is 8.60. The summed E-state index contributed by atoms with van der Waals surface area (Å²) in [6.07, 6.45) is 0. The zero-order valence-corrected chi connectivity index (χ0v) is 11.2. The zero-order valence-electron chi connectivity index (χ0n) is 10.4. The molecule has 1 aromatic rings. The lowest BCUT2D eigenvalue weighted by atomic mass is 10.1. The van der Waals surface area contributed by atoms with Crippen molar-refractivity contribution in [3.8, 4) is 11.8 Å². The van der Waals surface area contributed by atoms with Gasteiger partial charge in [-0.3, -0.25) is 0 Å². The second kappa shape index (κ2) is 6.09. The van der Waals surface area contributed by atoms with Crippen LogP contribution in [0.15, 0.2) is 18.2 Å². The molecule has 0 fully saturated rings. The van der Waals surface area contributed by atoms with Crippen LogP contribution in [-0.2, 0) is 5.75 Å². The van der Waals surface area contributed by atoms with E-state index in [0.717, 1.165) is 11.3 Å². The minimum Gasteiger partial charge on any atom is -0.384 e. The molecular weight excluding hydrogens is 235 g/mol. The first kappa shape index (κ1) is 14.1. The van der Waals surface area contributed by atoms with Gasteiger partial charge in [0.15, 0.2) is 0 Å². The molecule has 0 radical (unpaired) electrons. The molecule has 0 aromatic heterocycles. The maximum absolute atomic E-state index is 13.3. The summed E-state index contributed by atoms with van der Waals surface area (Å²) in [5.74, 6) is 5.73. The van der Waals surface area contributed by atoms with Crippen LogP contribution in [0.25, 0.3) is 0 Å². The maximum atomic E-state index is 13.3. The first-order chi connectivity index (χ1) is 7.90. The van der Waals surface area contributed by atoms with Crippen molar-refractivity contribution >= 4 is 11.8 Å². The van der Waals surface area contributed by atoms with Crippen molar-refractivity contribution in [1.82, 2.24) is 0 Å². The van der Waals surface area contributed by atoms with E-state index in [0.29, 0.717) is 5.56 Å². The van der Waals surface area contributed by atoms with E-state index in [2.05, 4.69) is 32.6 Å². The van der Waals surface area contributed by atoms with E-state index in [9.17, 15) is 4.39 Å². The minimum absolute atomic E-state index is 0.156. The van der Waals surface area contributed by atoms with Gasteiger partial charge in [0.05, 0.1) is 0 Å². The predicted molar refractivity (Wildman–Crippen MR) is 71.4 cm³/mol. The molecule has 1 aromatic carbocycles. The highest BCUT2D eigenvalue weighted by Crippen LogP contribution is 2.27. The fourth-order valence-electron chi connectivity index (χ4n) is 1.25. The normalized spacial score (nSPS) is 10.9. The van der Waals surface area contributed by atoms with Crippen LogP contribution in [0.2, 0.25) is 0 Å². The molecule has 1 N–H and O–H groups in total. The van der Waals surface area contributed by atoms with Gasteiger partial charge in [-0.2, -0.15) is 11.8 Å². The van der Waals surface area contributed by atoms with E-state index in [1.807, 2.05) is 6.07 Å². The molecule has 17 heavy (non-hydrogen) atoms. The number of benzene rings is 1. The molecule has 0 amide bonds. The summed E-state index contributed by atoms with van der Waals surface area (Å²) in [7, 11) is 0. The van der Waals surface area contributed by atoms with E-state index in [1.165, 1.54) is 12.1 Å². The Labute approximate surface area is 106 Å². The second-order valence-electron chi connectivity index (χ2n) is 4.71. The lowest BCUT2D eigenvalue weighted by Crippen LogP contribution is -2.07. The molecule has 0 spiro atoms. The van der Waals surface area contributed by atoms with Gasteiger partial charge in [0.25, 0.3) is 0 Å². The molecule has 1 rings (SSSR count). The van der Waals surface area contributed by atoms with E-state index in [4.69, 9.17) is 5.11 Å². The van der Waals surface area contributed by atoms with Gasteiger partial charge in [-0.05, 0) is 23.8 Å². The van der Waals surface area contributed by atoms with Gasteiger partial charge < -0.3 is 5.11 Å². The van der Waals surface area contributed by atoms with Crippen LogP contribution in [0, 0.1) is 17.7 Å². The molecule has 0 saturated heterocycles. The number of hydrogen-bond acceptors (Lipinski definition) is 2. The monoisotopic (exact) mass is 252 g/mol. The summed E-state index contributed by atoms with van der Waals surface area (Å²) < 4.78 is 13.5. The topological polar surface area (TPSA) is 20.2 Å². The Kier molecular flexibility index (Phi) is 5.04. The van der Waals surface area contributed by atoms with Crippen molar-refractivity contribution in [2.24, 2.45) is 0 Å². The van der Waals surface area contributed by atoms with Gasteiger partial charge in [-0.25, -0.2) is 4.39 Å². The molecule has 0 saturated carbocycles. The first-order valence-electron chi connectivity index (χ1n) is 5.44. The molecule has 3 heteroatoms. The van der Waals surface area contributed by atoms with Crippen LogP contribution in [-0.4, -0.2) is 16.5 Å². The third-order valence-corrected chi connectivity index (χ3v) is 3.28. The zero-order chi connectivity index (χ0) is 12.9. The SMILES string of the molecule is CC(C)(C)SCc1cc(F)cc(C#CCO)c1. The molecule has 0 unspecified atom stereocenters. The number of thioether (sulfide) groups is 1. The average molecular weight is 252 g/mol. The summed E-state index contributed by atoms with van der Waals surface area (Å²) in [4.78, 5) is 0. The molecule has 0 atom stereocenters. The highest BCUT2D eigenvalue weighted by molar-refractivity contribution is 7.99. The second-order valence-corrected chi connectivity index (χ2v) is 6.51. The summed E-state index contributed by atoms with van der Waals surface area (Å²) >= 11 is 1.76. The Balaban J connectivity index is 2.82. The highest BCUT2D eigenvalue weighted by Gasteiger charge is 2.11. The van der Waals surface area contributed by atoms with Crippen LogP contribution < -0.4 is 0 Å². The van der Waals surface area contributed by atoms with Gasteiger partial charge in [0, 0.05) is 16.1 Å². The minimum atomic E-state index is -0.278. The standard InChI is InChI=1S/C14H17FOS/c1-14(2,3)17-10-12-7-11(5-4-6-16)8-13(15)9-12/h7-9,16H,6,10H2,1-3H3. The molecule has 92 valence electrons. The average Bonchev–Trinajstić information content (AvgIpc) is 2.22. The molecule has 0 bridgehead atoms. The van der Waals surface area contributed by atoms with E-state index < -0.39 is 0 Å². The van der Waals surface area contributed by atoms with E-state index in [-0.39, 0.29) is 17.2 Å². The third-order valence-electron chi connectivity index (χ3n) is 1.94. The van der Waals surface area contributed by atoms with Gasteiger partial charge in [0.1, 0.15) is 12.4 Å².